The van der Waals surface area contributed by atoms with Gasteiger partial charge >= 0.3 is 0 Å². The van der Waals surface area contributed by atoms with Gasteiger partial charge in [-0.2, -0.15) is 0 Å². The van der Waals surface area contributed by atoms with E-state index in [1.165, 1.54) is 32.0 Å². The SMILES string of the molecule is Cc1oc2ncnc(N3CCCCC3)c2c1C(=O)NCCN1[C@H](C)CCC[C@H]1C. The zero-order chi connectivity index (χ0) is 20.4. The van der Waals surface area contributed by atoms with E-state index in [9.17, 15) is 4.79 Å². The summed E-state index contributed by atoms with van der Waals surface area (Å²) in [4.78, 5) is 26.7. The molecule has 0 saturated carbocycles. The normalized spacial score (nSPS) is 23.5. The third kappa shape index (κ3) is 4.10. The van der Waals surface area contributed by atoms with Crippen LogP contribution in [-0.4, -0.2) is 59.0 Å². The second-order valence-corrected chi connectivity index (χ2v) is 8.58. The van der Waals surface area contributed by atoms with Crippen molar-refractivity contribution in [2.75, 3.05) is 31.1 Å². The van der Waals surface area contributed by atoms with Crippen molar-refractivity contribution in [1.82, 2.24) is 20.2 Å². The fraction of sp³-hybridized carbons (Fsp3) is 0.682. The monoisotopic (exact) mass is 399 g/mol. The van der Waals surface area contributed by atoms with Gasteiger partial charge < -0.3 is 14.6 Å². The lowest BCUT2D eigenvalue weighted by molar-refractivity contribution is 0.0889. The number of carbonyl (C=O) groups excluding carboxylic acids is 1. The van der Waals surface area contributed by atoms with E-state index in [1.807, 2.05) is 6.92 Å². The van der Waals surface area contributed by atoms with Crippen LogP contribution in [0.2, 0.25) is 0 Å². The summed E-state index contributed by atoms with van der Waals surface area (Å²) in [5.41, 5.74) is 1.09. The lowest BCUT2D eigenvalue weighted by Crippen LogP contribution is -2.47. The Balaban J connectivity index is 1.52. The highest BCUT2D eigenvalue weighted by Crippen LogP contribution is 2.32. The van der Waals surface area contributed by atoms with Crippen molar-refractivity contribution in [3.63, 3.8) is 0 Å². The van der Waals surface area contributed by atoms with Gasteiger partial charge in [0.2, 0.25) is 5.71 Å². The largest absolute Gasteiger partial charge is 0.442 e. The summed E-state index contributed by atoms with van der Waals surface area (Å²) in [6.07, 6.45) is 8.85. The summed E-state index contributed by atoms with van der Waals surface area (Å²) in [5.74, 6) is 1.34. The van der Waals surface area contributed by atoms with Gasteiger partial charge in [-0.3, -0.25) is 9.69 Å². The van der Waals surface area contributed by atoms with E-state index in [-0.39, 0.29) is 5.91 Å². The fourth-order valence-electron chi connectivity index (χ4n) is 4.95. The highest BCUT2D eigenvalue weighted by Gasteiger charge is 2.27. The fourth-order valence-corrected chi connectivity index (χ4v) is 4.95. The molecular weight excluding hydrogens is 366 g/mol. The third-order valence-electron chi connectivity index (χ3n) is 6.56. The van der Waals surface area contributed by atoms with Crippen molar-refractivity contribution < 1.29 is 9.21 Å². The zero-order valence-electron chi connectivity index (χ0n) is 17.9. The van der Waals surface area contributed by atoms with Crippen molar-refractivity contribution in [3.05, 3.63) is 17.7 Å². The van der Waals surface area contributed by atoms with Gasteiger partial charge in [0.15, 0.2) is 0 Å². The zero-order valence-corrected chi connectivity index (χ0v) is 17.9. The topological polar surface area (TPSA) is 74.5 Å². The Morgan fingerprint density at radius 1 is 1.14 bits per heavy atom. The lowest BCUT2D eigenvalue weighted by Gasteiger charge is -2.39. The molecule has 2 saturated heterocycles. The molecule has 0 radical (unpaired) electrons. The van der Waals surface area contributed by atoms with E-state index in [0.717, 1.165) is 43.7 Å². The number of hydrogen-bond donors (Lipinski definition) is 1. The molecule has 0 bridgehead atoms. The van der Waals surface area contributed by atoms with Crippen molar-refractivity contribution in [1.29, 1.82) is 0 Å². The van der Waals surface area contributed by atoms with Crippen LogP contribution in [0.15, 0.2) is 10.7 Å². The van der Waals surface area contributed by atoms with Gasteiger partial charge in [0.05, 0.1) is 10.9 Å². The van der Waals surface area contributed by atoms with E-state index in [4.69, 9.17) is 4.42 Å². The molecule has 158 valence electrons. The van der Waals surface area contributed by atoms with Crippen LogP contribution >= 0.6 is 0 Å². The summed E-state index contributed by atoms with van der Waals surface area (Å²) in [5, 5.41) is 3.88. The molecule has 29 heavy (non-hydrogen) atoms. The van der Waals surface area contributed by atoms with Crippen LogP contribution in [0.5, 0.6) is 0 Å². The predicted octanol–water partition coefficient (Wildman–Crippen LogP) is 3.51. The number of amides is 1. The van der Waals surface area contributed by atoms with E-state index >= 15 is 0 Å². The minimum absolute atomic E-state index is 0.0911. The molecule has 4 heterocycles. The highest BCUT2D eigenvalue weighted by molar-refractivity contribution is 6.10. The van der Waals surface area contributed by atoms with Gasteiger partial charge in [-0.25, -0.2) is 9.97 Å². The number of likely N-dealkylation sites (tertiary alicyclic amines) is 1. The minimum atomic E-state index is -0.0911. The maximum absolute atomic E-state index is 13.1. The van der Waals surface area contributed by atoms with E-state index in [2.05, 4.69) is 38.9 Å². The molecule has 1 N–H and O–H groups in total. The van der Waals surface area contributed by atoms with Crippen molar-refractivity contribution in [3.8, 4) is 0 Å². The first-order valence-corrected chi connectivity index (χ1v) is 11.1. The number of carbonyl (C=O) groups is 1. The molecule has 2 atom stereocenters. The molecule has 2 aromatic rings. The first-order chi connectivity index (χ1) is 14.1. The number of aryl methyl sites for hydroxylation is 1. The highest BCUT2D eigenvalue weighted by atomic mass is 16.3. The molecule has 7 heteroatoms. The molecule has 1 amide bonds. The molecular formula is C22H33N5O2. The maximum atomic E-state index is 13.1. The summed E-state index contributed by atoms with van der Waals surface area (Å²) >= 11 is 0. The molecule has 2 aromatic heterocycles. The molecule has 0 aliphatic carbocycles. The number of furan rings is 1. The van der Waals surface area contributed by atoms with Crippen LogP contribution in [0.4, 0.5) is 5.82 Å². The van der Waals surface area contributed by atoms with Gasteiger partial charge in [0.1, 0.15) is 17.9 Å². The smallest absolute Gasteiger partial charge is 0.255 e. The van der Waals surface area contributed by atoms with Gasteiger partial charge in [-0.05, 0) is 52.9 Å². The van der Waals surface area contributed by atoms with Crippen LogP contribution in [0, 0.1) is 6.92 Å². The summed E-state index contributed by atoms with van der Waals surface area (Å²) in [6, 6.07) is 1.15. The molecule has 2 aliphatic rings. The van der Waals surface area contributed by atoms with Crippen molar-refractivity contribution in [2.45, 2.75) is 71.4 Å². The first kappa shape index (κ1) is 20.1. The number of rotatable bonds is 5. The number of anilines is 1. The second-order valence-electron chi connectivity index (χ2n) is 8.58. The first-order valence-electron chi connectivity index (χ1n) is 11.1. The second kappa shape index (κ2) is 8.69. The summed E-state index contributed by atoms with van der Waals surface area (Å²) in [6.45, 7) is 9.83. The van der Waals surface area contributed by atoms with Crippen LogP contribution < -0.4 is 10.2 Å². The number of hydrogen-bond acceptors (Lipinski definition) is 6. The van der Waals surface area contributed by atoms with Gasteiger partial charge in [-0.15, -0.1) is 0 Å². The Morgan fingerprint density at radius 3 is 2.59 bits per heavy atom. The lowest BCUT2D eigenvalue weighted by atomic mass is 9.98. The van der Waals surface area contributed by atoms with Crippen LogP contribution in [0.1, 0.15) is 68.5 Å². The molecule has 0 unspecified atom stereocenters. The quantitative estimate of drug-likeness (QED) is 0.829. The molecule has 4 rings (SSSR count). The van der Waals surface area contributed by atoms with E-state index < -0.39 is 0 Å². The summed E-state index contributed by atoms with van der Waals surface area (Å²) in [7, 11) is 0. The van der Waals surface area contributed by atoms with Gasteiger partial charge in [0, 0.05) is 38.3 Å². The van der Waals surface area contributed by atoms with Crippen LogP contribution in [-0.2, 0) is 0 Å². The Labute approximate surface area is 172 Å². The van der Waals surface area contributed by atoms with Crippen LogP contribution in [0.3, 0.4) is 0 Å². The Hall–Kier alpha value is -2.15. The summed E-state index contributed by atoms with van der Waals surface area (Å²) < 4.78 is 5.83. The Kier molecular flexibility index (Phi) is 6.04. The minimum Gasteiger partial charge on any atom is -0.442 e. The third-order valence-corrected chi connectivity index (χ3v) is 6.56. The van der Waals surface area contributed by atoms with Gasteiger partial charge in [0.25, 0.3) is 5.91 Å². The Morgan fingerprint density at radius 2 is 1.86 bits per heavy atom. The van der Waals surface area contributed by atoms with Gasteiger partial charge in [-0.1, -0.05) is 6.42 Å². The van der Waals surface area contributed by atoms with Crippen LogP contribution in [0.25, 0.3) is 11.1 Å². The standard InChI is InChI=1S/C22H33N5O2/c1-15-8-7-9-16(2)27(15)13-10-23-21(28)18-17(3)29-22-19(18)20(24-14-25-22)26-11-5-4-6-12-26/h14-16H,4-13H2,1-3H3,(H,23,28)/t15-,16-/m1/s1. The molecule has 0 aromatic carbocycles. The average molecular weight is 400 g/mol. The number of nitrogens with zero attached hydrogens (tertiary/aromatic N) is 4. The molecule has 7 nitrogen and oxygen atoms in total. The molecule has 2 fully saturated rings. The molecule has 0 spiro atoms. The Bertz CT molecular complexity index is 848. The van der Waals surface area contributed by atoms with Crippen molar-refractivity contribution >= 4 is 22.8 Å². The van der Waals surface area contributed by atoms with Crippen molar-refractivity contribution in [2.24, 2.45) is 0 Å². The van der Waals surface area contributed by atoms with E-state index in [0.29, 0.717) is 35.7 Å². The molecule has 2 aliphatic heterocycles. The average Bonchev–Trinajstić information content (AvgIpc) is 3.06. The number of nitrogens with one attached hydrogen (secondary N) is 1. The maximum Gasteiger partial charge on any atom is 0.255 e. The van der Waals surface area contributed by atoms with E-state index in [1.54, 1.807) is 0 Å². The number of fused-ring (bicyclic) bond motifs is 1. The predicted molar refractivity (Wildman–Crippen MR) is 114 cm³/mol. The number of aromatic nitrogens is 2. The number of piperidine rings is 2.